The highest BCUT2D eigenvalue weighted by molar-refractivity contribution is 8.02. The lowest BCUT2D eigenvalue weighted by atomic mass is 10.2. The van der Waals surface area contributed by atoms with Crippen LogP contribution in [0.4, 0.5) is 10.2 Å². The van der Waals surface area contributed by atoms with Gasteiger partial charge in [-0.15, -0.1) is 11.3 Å². The van der Waals surface area contributed by atoms with E-state index in [1.165, 1.54) is 35.2 Å². The minimum absolute atomic E-state index is 0.101. The highest BCUT2D eigenvalue weighted by Gasteiger charge is 2.19. The Kier molecular flexibility index (Phi) is 5.73. The Balaban J connectivity index is 1.64. The standard InChI is InChI=1S/C18H19FN4OS2/c1-11(2)23-16(8-9-20-23)22-17(24)12(3)26-18-21-15(10-25-18)13-4-6-14(19)7-5-13/h4-12H,1-3H3,(H,22,24). The average Bonchev–Trinajstić information content (AvgIpc) is 3.25. The van der Waals surface area contributed by atoms with Crippen LogP contribution in [0.15, 0.2) is 46.2 Å². The van der Waals surface area contributed by atoms with Crippen molar-refractivity contribution in [3.05, 3.63) is 47.7 Å². The molecule has 3 aromatic rings. The number of thioether (sulfide) groups is 1. The summed E-state index contributed by atoms with van der Waals surface area (Å²) in [6, 6.07) is 8.17. The number of halogens is 1. The summed E-state index contributed by atoms with van der Waals surface area (Å²) in [4.78, 5) is 17.0. The molecule has 1 amide bonds. The van der Waals surface area contributed by atoms with Crippen LogP contribution in [0.3, 0.4) is 0 Å². The summed E-state index contributed by atoms with van der Waals surface area (Å²) in [5, 5.41) is 8.73. The molecule has 1 N–H and O–H groups in total. The first-order chi connectivity index (χ1) is 12.4. The molecule has 0 aliphatic heterocycles. The number of aromatic nitrogens is 3. The van der Waals surface area contributed by atoms with Gasteiger partial charge in [0, 0.05) is 23.1 Å². The van der Waals surface area contributed by atoms with Crippen molar-refractivity contribution in [2.75, 3.05) is 5.32 Å². The van der Waals surface area contributed by atoms with Gasteiger partial charge in [0.05, 0.1) is 17.1 Å². The first-order valence-corrected chi connectivity index (χ1v) is 9.92. The van der Waals surface area contributed by atoms with Crippen LogP contribution in [0, 0.1) is 5.82 Å². The molecule has 0 saturated heterocycles. The maximum absolute atomic E-state index is 13.0. The molecule has 3 rings (SSSR count). The normalized spacial score (nSPS) is 12.3. The molecule has 26 heavy (non-hydrogen) atoms. The third-order valence-electron chi connectivity index (χ3n) is 3.68. The molecule has 136 valence electrons. The number of rotatable bonds is 6. The van der Waals surface area contributed by atoms with E-state index >= 15 is 0 Å². The SMILES string of the molecule is CC(Sc1nc(-c2ccc(F)cc2)cs1)C(=O)Nc1ccnn1C(C)C. The summed E-state index contributed by atoms with van der Waals surface area (Å²) in [5.74, 6) is 0.309. The van der Waals surface area contributed by atoms with Gasteiger partial charge < -0.3 is 5.32 Å². The summed E-state index contributed by atoms with van der Waals surface area (Å²) >= 11 is 2.87. The van der Waals surface area contributed by atoms with E-state index in [-0.39, 0.29) is 23.0 Å². The van der Waals surface area contributed by atoms with Crippen LogP contribution in [-0.2, 0) is 4.79 Å². The molecule has 0 fully saturated rings. The van der Waals surface area contributed by atoms with Gasteiger partial charge in [0.25, 0.3) is 0 Å². The molecule has 0 saturated carbocycles. The van der Waals surface area contributed by atoms with Crippen LogP contribution in [0.1, 0.15) is 26.8 Å². The Hall–Kier alpha value is -2.19. The van der Waals surface area contributed by atoms with Gasteiger partial charge in [-0.05, 0) is 45.0 Å². The molecule has 0 bridgehead atoms. The lowest BCUT2D eigenvalue weighted by Crippen LogP contribution is -2.24. The molecule has 0 radical (unpaired) electrons. The van der Waals surface area contributed by atoms with Crippen LogP contribution in [0.5, 0.6) is 0 Å². The van der Waals surface area contributed by atoms with Gasteiger partial charge in [0.2, 0.25) is 5.91 Å². The second-order valence-electron chi connectivity index (χ2n) is 6.01. The molecule has 8 heteroatoms. The van der Waals surface area contributed by atoms with E-state index in [0.29, 0.717) is 5.82 Å². The number of benzene rings is 1. The summed E-state index contributed by atoms with van der Waals surface area (Å²) in [7, 11) is 0. The first kappa shape index (κ1) is 18.6. The molecule has 2 aromatic heterocycles. The third-order valence-corrected chi connectivity index (χ3v) is 5.75. The Bertz CT molecular complexity index is 889. The quantitative estimate of drug-likeness (QED) is 0.612. The molecule has 1 unspecified atom stereocenters. The lowest BCUT2D eigenvalue weighted by Gasteiger charge is -2.14. The van der Waals surface area contributed by atoms with Crippen LogP contribution in [-0.4, -0.2) is 25.9 Å². The van der Waals surface area contributed by atoms with Crippen molar-refractivity contribution in [3.8, 4) is 11.3 Å². The molecule has 0 aliphatic carbocycles. The van der Waals surface area contributed by atoms with E-state index in [9.17, 15) is 9.18 Å². The summed E-state index contributed by atoms with van der Waals surface area (Å²) in [6.07, 6.45) is 1.67. The number of thiazole rings is 1. The summed E-state index contributed by atoms with van der Waals surface area (Å²) in [5.41, 5.74) is 1.63. The van der Waals surface area contributed by atoms with Gasteiger partial charge in [0.1, 0.15) is 11.6 Å². The minimum atomic E-state index is -0.308. The van der Waals surface area contributed by atoms with Crippen molar-refractivity contribution < 1.29 is 9.18 Å². The molecule has 1 aromatic carbocycles. The van der Waals surface area contributed by atoms with Crippen molar-refractivity contribution in [2.45, 2.75) is 36.4 Å². The number of carbonyl (C=O) groups is 1. The number of carbonyl (C=O) groups excluding carboxylic acids is 1. The Morgan fingerprint density at radius 2 is 1.96 bits per heavy atom. The summed E-state index contributed by atoms with van der Waals surface area (Å²) < 4.78 is 15.6. The van der Waals surface area contributed by atoms with Crippen LogP contribution in [0.2, 0.25) is 0 Å². The minimum Gasteiger partial charge on any atom is -0.310 e. The zero-order valence-corrected chi connectivity index (χ0v) is 16.3. The highest BCUT2D eigenvalue weighted by Crippen LogP contribution is 2.31. The van der Waals surface area contributed by atoms with E-state index in [4.69, 9.17) is 0 Å². The predicted octanol–water partition coefficient (Wildman–Crippen LogP) is 4.85. The largest absolute Gasteiger partial charge is 0.310 e. The van der Waals surface area contributed by atoms with Crippen LogP contribution in [0.25, 0.3) is 11.3 Å². The number of nitrogens with zero attached hydrogens (tertiary/aromatic N) is 3. The molecular formula is C18H19FN4OS2. The maximum atomic E-state index is 13.0. The summed E-state index contributed by atoms with van der Waals surface area (Å²) in [6.45, 7) is 5.86. The fourth-order valence-electron chi connectivity index (χ4n) is 2.32. The molecule has 0 spiro atoms. The van der Waals surface area contributed by atoms with Crippen LogP contribution >= 0.6 is 23.1 Å². The van der Waals surface area contributed by atoms with E-state index < -0.39 is 0 Å². The smallest absolute Gasteiger partial charge is 0.238 e. The van der Waals surface area contributed by atoms with Crippen molar-refractivity contribution in [2.24, 2.45) is 0 Å². The van der Waals surface area contributed by atoms with E-state index in [2.05, 4.69) is 15.4 Å². The third kappa shape index (κ3) is 4.31. The monoisotopic (exact) mass is 390 g/mol. The van der Waals surface area contributed by atoms with Crippen molar-refractivity contribution in [3.63, 3.8) is 0 Å². The molecule has 0 aliphatic rings. The van der Waals surface area contributed by atoms with Crippen molar-refractivity contribution >= 4 is 34.8 Å². The van der Waals surface area contributed by atoms with Crippen LogP contribution < -0.4 is 5.32 Å². The molecule has 1 atom stereocenters. The first-order valence-electron chi connectivity index (χ1n) is 8.16. The van der Waals surface area contributed by atoms with E-state index in [1.54, 1.807) is 29.1 Å². The Labute approximate surface area is 159 Å². The second-order valence-corrected chi connectivity index (χ2v) is 8.46. The number of hydrogen-bond donors (Lipinski definition) is 1. The van der Waals surface area contributed by atoms with Gasteiger partial charge in [0.15, 0.2) is 4.34 Å². The Morgan fingerprint density at radius 1 is 1.23 bits per heavy atom. The molecule has 2 heterocycles. The van der Waals surface area contributed by atoms with Crippen molar-refractivity contribution in [1.82, 2.24) is 14.8 Å². The Morgan fingerprint density at radius 3 is 2.65 bits per heavy atom. The molecular weight excluding hydrogens is 371 g/mol. The predicted molar refractivity (Wildman–Crippen MR) is 104 cm³/mol. The van der Waals surface area contributed by atoms with Gasteiger partial charge in [-0.25, -0.2) is 14.1 Å². The molecule has 5 nitrogen and oxygen atoms in total. The zero-order valence-electron chi connectivity index (χ0n) is 14.6. The lowest BCUT2D eigenvalue weighted by molar-refractivity contribution is -0.115. The van der Waals surface area contributed by atoms with Gasteiger partial charge in [-0.2, -0.15) is 5.10 Å². The maximum Gasteiger partial charge on any atom is 0.238 e. The number of nitrogens with one attached hydrogen (secondary N) is 1. The zero-order chi connectivity index (χ0) is 18.7. The topological polar surface area (TPSA) is 59.8 Å². The second kappa shape index (κ2) is 8.01. The average molecular weight is 391 g/mol. The number of amides is 1. The van der Waals surface area contributed by atoms with Gasteiger partial charge >= 0.3 is 0 Å². The van der Waals surface area contributed by atoms with Gasteiger partial charge in [-0.3, -0.25) is 4.79 Å². The highest BCUT2D eigenvalue weighted by atomic mass is 32.2. The van der Waals surface area contributed by atoms with E-state index in [1.807, 2.05) is 26.2 Å². The van der Waals surface area contributed by atoms with Crippen molar-refractivity contribution in [1.29, 1.82) is 0 Å². The fourth-order valence-corrected chi connectivity index (χ4v) is 4.29. The number of anilines is 1. The number of hydrogen-bond acceptors (Lipinski definition) is 5. The van der Waals surface area contributed by atoms with E-state index in [0.717, 1.165) is 15.6 Å². The van der Waals surface area contributed by atoms with Gasteiger partial charge in [-0.1, -0.05) is 11.8 Å². The fraction of sp³-hybridized carbons (Fsp3) is 0.278.